The maximum Gasteiger partial charge on any atom is 0.274 e. The van der Waals surface area contributed by atoms with Gasteiger partial charge in [-0.25, -0.2) is 10.2 Å². The molecule has 16 heavy (non-hydrogen) atoms. The van der Waals surface area contributed by atoms with Gasteiger partial charge in [-0.15, -0.1) is 0 Å². The maximum atomic E-state index is 13.3. The van der Waals surface area contributed by atoms with Crippen molar-refractivity contribution in [2.75, 3.05) is 0 Å². The number of nitrogens with one attached hydrogen (secondary N) is 1. The zero-order valence-electron chi connectivity index (χ0n) is 8.57. The van der Waals surface area contributed by atoms with Crippen molar-refractivity contribution in [3.8, 4) is 5.75 Å². The minimum Gasteiger partial charge on any atom is -0.478 e. The number of halogens is 1. The molecule has 0 aliphatic rings. The minimum atomic E-state index is -0.915. The molecular formula is C10H11FN2O3. The Morgan fingerprint density at radius 3 is 2.81 bits per heavy atom. The molecule has 1 aromatic rings. The van der Waals surface area contributed by atoms with Crippen LogP contribution in [0, 0.1) is 5.82 Å². The first-order valence-electron chi connectivity index (χ1n) is 4.50. The highest BCUT2D eigenvalue weighted by Crippen LogP contribution is 2.18. The van der Waals surface area contributed by atoms with Crippen LogP contribution in [0.15, 0.2) is 18.2 Å². The molecule has 0 saturated heterocycles. The summed E-state index contributed by atoms with van der Waals surface area (Å²) in [6.07, 6.45) is -0.398. The molecule has 1 rings (SSSR count). The molecule has 0 heterocycles. The summed E-state index contributed by atoms with van der Waals surface area (Å²) in [4.78, 5) is 21.4. The normalized spacial score (nSPS) is 11.7. The molecule has 0 radical (unpaired) electrons. The lowest BCUT2D eigenvalue weighted by Crippen LogP contribution is -2.40. The predicted molar refractivity (Wildman–Crippen MR) is 54.2 cm³/mol. The van der Waals surface area contributed by atoms with Gasteiger partial charge < -0.3 is 4.74 Å². The molecule has 0 bridgehead atoms. The maximum absolute atomic E-state index is 13.3. The Balaban J connectivity index is 2.82. The van der Waals surface area contributed by atoms with Crippen molar-refractivity contribution in [2.24, 2.45) is 5.84 Å². The molecule has 0 fully saturated rings. The largest absolute Gasteiger partial charge is 0.478 e. The number of rotatable bonds is 4. The quantitative estimate of drug-likeness (QED) is 0.337. The van der Waals surface area contributed by atoms with Crippen LogP contribution in [0.1, 0.15) is 17.3 Å². The topological polar surface area (TPSA) is 81.4 Å². The van der Waals surface area contributed by atoms with Crippen LogP contribution < -0.4 is 16.0 Å². The van der Waals surface area contributed by atoms with Crippen molar-refractivity contribution in [2.45, 2.75) is 13.0 Å². The van der Waals surface area contributed by atoms with Gasteiger partial charge in [-0.05, 0) is 25.1 Å². The zero-order chi connectivity index (χ0) is 12.1. The standard InChI is InChI=1S/C10H11FN2O3/c1-6(10(15)13-12)16-9-3-2-7(5-14)4-8(9)11/h2-6H,12H2,1H3,(H,13,15). The lowest BCUT2D eigenvalue weighted by atomic mass is 10.2. The number of amides is 1. The molecule has 5 nitrogen and oxygen atoms in total. The van der Waals surface area contributed by atoms with Gasteiger partial charge in [0, 0.05) is 5.56 Å². The molecule has 1 atom stereocenters. The smallest absolute Gasteiger partial charge is 0.274 e. The van der Waals surface area contributed by atoms with Crippen LogP contribution in [-0.4, -0.2) is 18.3 Å². The van der Waals surface area contributed by atoms with Crippen molar-refractivity contribution < 1.29 is 18.7 Å². The average Bonchev–Trinajstić information content (AvgIpc) is 2.30. The van der Waals surface area contributed by atoms with Gasteiger partial charge in [-0.1, -0.05) is 0 Å². The van der Waals surface area contributed by atoms with Crippen molar-refractivity contribution in [3.63, 3.8) is 0 Å². The third-order valence-electron chi connectivity index (χ3n) is 1.91. The van der Waals surface area contributed by atoms with E-state index in [-0.39, 0.29) is 11.3 Å². The second-order valence-electron chi connectivity index (χ2n) is 3.08. The predicted octanol–water partition coefficient (Wildman–Crippen LogP) is 0.395. The van der Waals surface area contributed by atoms with E-state index >= 15 is 0 Å². The third kappa shape index (κ3) is 2.77. The first kappa shape index (κ1) is 12.1. The molecule has 0 saturated carbocycles. The molecule has 0 aromatic heterocycles. The van der Waals surface area contributed by atoms with Crippen LogP contribution in [0.4, 0.5) is 4.39 Å². The first-order valence-corrected chi connectivity index (χ1v) is 4.50. The fourth-order valence-electron chi connectivity index (χ4n) is 1.05. The minimum absolute atomic E-state index is 0.110. The molecular weight excluding hydrogens is 215 g/mol. The van der Waals surface area contributed by atoms with E-state index in [4.69, 9.17) is 10.6 Å². The van der Waals surface area contributed by atoms with E-state index in [0.29, 0.717) is 6.29 Å². The number of carbonyl (C=O) groups is 2. The van der Waals surface area contributed by atoms with Gasteiger partial charge in [0.25, 0.3) is 5.91 Å². The fourth-order valence-corrected chi connectivity index (χ4v) is 1.05. The van der Waals surface area contributed by atoms with E-state index in [9.17, 15) is 14.0 Å². The summed E-state index contributed by atoms with van der Waals surface area (Å²) >= 11 is 0. The highest BCUT2D eigenvalue weighted by Gasteiger charge is 2.15. The Hall–Kier alpha value is -1.95. The van der Waals surface area contributed by atoms with E-state index in [2.05, 4.69) is 0 Å². The highest BCUT2D eigenvalue weighted by molar-refractivity contribution is 5.80. The van der Waals surface area contributed by atoms with Crippen LogP contribution in [0.5, 0.6) is 5.75 Å². The van der Waals surface area contributed by atoms with E-state index < -0.39 is 17.8 Å². The van der Waals surface area contributed by atoms with Gasteiger partial charge in [0.1, 0.15) is 6.29 Å². The second kappa shape index (κ2) is 5.22. The highest BCUT2D eigenvalue weighted by atomic mass is 19.1. The number of hydrazine groups is 1. The van der Waals surface area contributed by atoms with E-state index in [1.54, 1.807) is 0 Å². The molecule has 0 aliphatic heterocycles. The average molecular weight is 226 g/mol. The van der Waals surface area contributed by atoms with Crippen molar-refractivity contribution in [3.05, 3.63) is 29.6 Å². The van der Waals surface area contributed by atoms with Gasteiger partial charge >= 0.3 is 0 Å². The van der Waals surface area contributed by atoms with Crippen LogP contribution in [-0.2, 0) is 4.79 Å². The van der Waals surface area contributed by atoms with Crippen molar-refractivity contribution in [1.29, 1.82) is 0 Å². The molecule has 1 amide bonds. The molecule has 1 aromatic carbocycles. The Labute approximate surface area is 91.4 Å². The first-order chi connectivity index (χ1) is 7.58. The van der Waals surface area contributed by atoms with Gasteiger partial charge in [0.15, 0.2) is 17.7 Å². The van der Waals surface area contributed by atoms with Gasteiger partial charge in [-0.2, -0.15) is 0 Å². The Morgan fingerprint density at radius 1 is 1.62 bits per heavy atom. The SMILES string of the molecule is CC(Oc1ccc(C=O)cc1F)C(=O)NN. The number of nitrogens with two attached hydrogens (primary N) is 1. The third-order valence-corrected chi connectivity index (χ3v) is 1.91. The lowest BCUT2D eigenvalue weighted by Gasteiger charge is -2.13. The number of benzene rings is 1. The Morgan fingerprint density at radius 2 is 2.31 bits per heavy atom. The van der Waals surface area contributed by atoms with E-state index in [0.717, 1.165) is 6.07 Å². The Bertz CT molecular complexity index is 409. The molecule has 0 spiro atoms. The molecule has 86 valence electrons. The van der Waals surface area contributed by atoms with E-state index in [1.807, 2.05) is 5.43 Å². The number of hydrogen-bond donors (Lipinski definition) is 2. The summed E-state index contributed by atoms with van der Waals surface area (Å²) in [7, 11) is 0. The number of aldehydes is 1. The summed E-state index contributed by atoms with van der Waals surface area (Å²) in [5, 5.41) is 0. The molecule has 3 N–H and O–H groups in total. The number of ether oxygens (including phenoxy) is 1. The molecule has 1 unspecified atom stereocenters. The van der Waals surface area contributed by atoms with E-state index in [1.165, 1.54) is 19.1 Å². The van der Waals surface area contributed by atoms with Crippen LogP contribution in [0.2, 0.25) is 0 Å². The van der Waals surface area contributed by atoms with Crippen LogP contribution in [0.25, 0.3) is 0 Å². The van der Waals surface area contributed by atoms with Crippen LogP contribution in [0.3, 0.4) is 0 Å². The fraction of sp³-hybridized carbons (Fsp3) is 0.200. The molecule has 0 aliphatic carbocycles. The van der Waals surface area contributed by atoms with Gasteiger partial charge in [-0.3, -0.25) is 15.0 Å². The van der Waals surface area contributed by atoms with Crippen LogP contribution >= 0.6 is 0 Å². The van der Waals surface area contributed by atoms with Gasteiger partial charge in [0.2, 0.25) is 0 Å². The van der Waals surface area contributed by atoms with Crippen molar-refractivity contribution in [1.82, 2.24) is 5.43 Å². The summed E-state index contributed by atoms with van der Waals surface area (Å²) < 4.78 is 18.3. The summed E-state index contributed by atoms with van der Waals surface area (Å²) in [5.74, 6) is 3.50. The second-order valence-corrected chi connectivity index (χ2v) is 3.08. The number of hydrogen-bond acceptors (Lipinski definition) is 4. The summed E-state index contributed by atoms with van der Waals surface area (Å²) in [6, 6.07) is 3.69. The number of carbonyl (C=O) groups excluding carboxylic acids is 2. The van der Waals surface area contributed by atoms with Crippen molar-refractivity contribution >= 4 is 12.2 Å². The monoisotopic (exact) mass is 226 g/mol. The Kier molecular flexibility index (Phi) is 3.96. The molecule has 6 heteroatoms. The zero-order valence-corrected chi connectivity index (χ0v) is 8.57. The lowest BCUT2D eigenvalue weighted by molar-refractivity contribution is -0.127. The summed E-state index contributed by atoms with van der Waals surface area (Å²) in [6.45, 7) is 1.43. The summed E-state index contributed by atoms with van der Waals surface area (Å²) in [5.41, 5.74) is 2.08. The van der Waals surface area contributed by atoms with Gasteiger partial charge in [0.05, 0.1) is 0 Å².